The van der Waals surface area contributed by atoms with Crippen molar-refractivity contribution in [2.45, 2.75) is 71.6 Å². The van der Waals surface area contributed by atoms with Crippen LogP contribution in [0, 0.1) is 0 Å². The molecule has 1 aliphatic carbocycles. The molecular formula is C26H38N2O3. The number of fused-ring (bicyclic) bond motifs is 2. The molecule has 2 bridgehead atoms. The summed E-state index contributed by atoms with van der Waals surface area (Å²) in [6.07, 6.45) is 15.8. The van der Waals surface area contributed by atoms with Crippen molar-refractivity contribution in [2.75, 3.05) is 19.7 Å². The number of nitrogens with one attached hydrogen (secondary N) is 1. The van der Waals surface area contributed by atoms with Gasteiger partial charge in [0.05, 0.1) is 0 Å². The molecule has 31 heavy (non-hydrogen) atoms. The predicted octanol–water partition coefficient (Wildman–Crippen LogP) is 4.72. The van der Waals surface area contributed by atoms with Crippen molar-refractivity contribution in [3.63, 3.8) is 0 Å². The zero-order chi connectivity index (χ0) is 22.6. The minimum absolute atomic E-state index is 0.187. The van der Waals surface area contributed by atoms with Crippen LogP contribution in [0.4, 0.5) is 0 Å². The number of amides is 2. The maximum Gasteiger partial charge on any atom is 0.261 e. The molecule has 5 heteroatoms. The van der Waals surface area contributed by atoms with Crippen molar-refractivity contribution < 1.29 is 14.7 Å². The van der Waals surface area contributed by atoms with E-state index in [1.807, 2.05) is 31.2 Å². The van der Waals surface area contributed by atoms with Gasteiger partial charge in [0.2, 0.25) is 0 Å². The molecule has 2 N–H and O–H groups in total. The van der Waals surface area contributed by atoms with Crippen LogP contribution in [0.25, 0.3) is 0 Å². The standard InChI is InChI=1S/C26H38N2O3/c1-4-6-7-11-17-28-25(30)21-14-15-24(27-16-10-8-9-12-18-29)20(3)23(19-21)22(13-5-2)26(28)31/h5,13-15,27,29H,3-4,6-12,16-19H2,1-2H3/b13-5-. The number of unbranched alkanes of at least 4 members (excludes halogenated alkanes) is 6. The fourth-order valence-corrected chi connectivity index (χ4v) is 3.97. The summed E-state index contributed by atoms with van der Waals surface area (Å²) in [7, 11) is 0. The Morgan fingerprint density at radius 1 is 1.06 bits per heavy atom. The molecule has 1 aliphatic heterocycles. The first-order valence-electron chi connectivity index (χ1n) is 11.7. The van der Waals surface area contributed by atoms with Crippen molar-refractivity contribution in [2.24, 2.45) is 0 Å². The van der Waals surface area contributed by atoms with Crippen molar-refractivity contribution in [1.29, 1.82) is 0 Å². The first-order valence-corrected chi connectivity index (χ1v) is 11.7. The second-order valence-electron chi connectivity index (χ2n) is 8.21. The molecule has 0 saturated carbocycles. The van der Waals surface area contributed by atoms with E-state index in [9.17, 15) is 9.59 Å². The van der Waals surface area contributed by atoms with Gasteiger partial charge in [-0.3, -0.25) is 14.5 Å². The van der Waals surface area contributed by atoms with Gasteiger partial charge in [-0.05, 0) is 43.4 Å². The number of nitrogens with zero attached hydrogens (tertiary/aromatic N) is 1. The van der Waals surface area contributed by atoms with Gasteiger partial charge in [0, 0.05) is 43.0 Å². The third-order valence-electron chi connectivity index (χ3n) is 5.80. The number of aliphatic hydroxyl groups excluding tert-OH is 1. The molecular weight excluding hydrogens is 388 g/mol. The summed E-state index contributed by atoms with van der Waals surface area (Å²) in [6, 6.07) is 0. The second-order valence-corrected chi connectivity index (χ2v) is 8.21. The Bertz CT molecular complexity index is 786. The summed E-state index contributed by atoms with van der Waals surface area (Å²) in [4.78, 5) is 28.0. The van der Waals surface area contributed by atoms with E-state index in [4.69, 9.17) is 5.11 Å². The summed E-state index contributed by atoms with van der Waals surface area (Å²) in [5.74, 6) is -0.405. The van der Waals surface area contributed by atoms with Gasteiger partial charge in [-0.15, -0.1) is 0 Å². The van der Waals surface area contributed by atoms with Crippen LogP contribution in [0.15, 0.2) is 58.9 Å². The summed E-state index contributed by atoms with van der Waals surface area (Å²) in [6.45, 7) is 9.79. The van der Waals surface area contributed by atoms with Crippen LogP contribution in [0.3, 0.4) is 0 Å². The third kappa shape index (κ3) is 6.79. The van der Waals surface area contributed by atoms with Gasteiger partial charge in [0.25, 0.3) is 11.8 Å². The highest BCUT2D eigenvalue weighted by Gasteiger charge is 2.34. The first kappa shape index (κ1) is 24.9. The Kier molecular flexibility index (Phi) is 10.5. The van der Waals surface area contributed by atoms with Gasteiger partial charge in [-0.2, -0.15) is 0 Å². The fourth-order valence-electron chi connectivity index (χ4n) is 3.97. The van der Waals surface area contributed by atoms with E-state index in [2.05, 4.69) is 18.8 Å². The molecule has 0 aromatic heterocycles. The van der Waals surface area contributed by atoms with Gasteiger partial charge in [0.15, 0.2) is 0 Å². The monoisotopic (exact) mass is 426 g/mol. The average Bonchev–Trinajstić information content (AvgIpc) is 2.98. The summed E-state index contributed by atoms with van der Waals surface area (Å²) < 4.78 is 0. The van der Waals surface area contributed by atoms with Crippen LogP contribution in [0.2, 0.25) is 0 Å². The third-order valence-corrected chi connectivity index (χ3v) is 5.80. The summed E-state index contributed by atoms with van der Waals surface area (Å²) in [5, 5.41) is 12.3. The molecule has 0 unspecified atom stereocenters. The normalized spacial score (nSPS) is 17.1. The maximum absolute atomic E-state index is 13.3. The summed E-state index contributed by atoms with van der Waals surface area (Å²) in [5.41, 5.74) is 3.68. The van der Waals surface area contributed by atoms with Crippen LogP contribution in [0.1, 0.15) is 71.6 Å². The Morgan fingerprint density at radius 3 is 2.52 bits per heavy atom. The molecule has 2 amide bonds. The van der Waals surface area contributed by atoms with Crippen molar-refractivity contribution >= 4 is 11.8 Å². The quantitative estimate of drug-likeness (QED) is 0.330. The predicted molar refractivity (Wildman–Crippen MR) is 126 cm³/mol. The number of allylic oxidation sites excluding steroid dienone is 4. The molecule has 0 fully saturated rings. The molecule has 170 valence electrons. The molecule has 2 aliphatic rings. The second kappa shape index (κ2) is 13.1. The molecule has 2 rings (SSSR count). The number of hydrogen-bond acceptors (Lipinski definition) is 4. The molecule has 0 saturated heterocycles. The topological polar surface area (TPSA) is 69.6 Å². The largest absolute Gasteiger partial charge is 0.396 e. The Hall–Kier alpha value is -2.40. The minimum Gasteiger partial charge on any atom is -0.396 e. The highest BCUT2D eigenvalue weighted by molar-refractivity contribution is 6.13. The molecule has 0 atom stereocenters. The zero-order valence-corrected chi connectivity index (χ0v) is 19.2. The minimum atomic E-state index is -0.218. The number of aliphatic hydroxyl groups is 1. The van der Waals surface area contributed by atoms with Crippen molar-refractivity contribution in [1.82, 2.24) is 10.2 Å². The smallest absolute Gasteiger partial charge is 0.261 e. The van der Waals surface area contributed by atoms with Gasteiger partial charge < -0.3 is 10.4 Å². The Labute approximate surface area is 187 Å². The van der Waals surface area contributed by atoms with Crippen molar-refractivity contribution in [3.05, 3.63) is 58.9 Å². The highest BCUT2D eigenvalue weighted by atomic mass is 16.3. The van der Waals surface area contributed by atoms with Crippen LogP contribution in [0.5, 0.6) is 0 Å². The Morgan fingerprint density at radius 2 is 1.81 bits per heavy atom. The number of imide groups is 1. The highest BCUT2D eigenvalue weighted by Crippen LogP contribution is 2.34. The van der Waals surface area contributed by atoms with Gasteiger partial charge in [0.1, 0.15) is 0 Å². The number of carbonyl (C=O) groups excluding carboxylic acids is 2. The van der Waals surface area contributed by atoms with E-state index >= 15 is 0 Å². The van der Waals surface area contributed by atoms with E-state index in [1.54, 1.807) is 0 Å². The molecule has 0 radical (unpaired) electrons. The van der Waals surface area contributed by atoms with Gasteiger partial charge in [-0.25, -0.2) is 0 Å². The Balaban J connectivity index is 2.24. The van der Waals surface area contributed by atoms with Crippen LogP contribution < -0.4 is 5.32 Å². The van der Waals surface area contributed by atoms with Gasteiger partial charge in [-0.1, -0.05) is 63.8 Å². The molecule has 1 heterocycles. The van der Waals surface area contributed by atoms with E-state index in [0.717, 1.165) is 74.8 Å². The fraction of sp³-hybridized carbons (Fsp3) is 0.538. The van der Waals surface area contributed by atoms with Crippen LogP contribution in [-0.2, 0) is 9.59 Å². The number of hydrogen-bond donors (Lipinski definition) is 2. The van der Waals surface area contributed by atoms with E-state index in [1.165, 1.54) is 4.90 Å². The van der Waals surface area contributed by atoms with E-state index < -0.39 is 0 Å². The van der Waals surface area contributed by atoms with Crippen molar-refractivity contribution in [3.8, 4) is 0 Å². The molecule has 0 aromatic carbocycles. The maximum atomic E-state index is 13.3. The summed E-state index contributed by atoms with van der Waals surface area (Å²) >= 11 is 0. The average molecular weight is 427 g/mol. The van der Waals surface area contributed by atoms with E-state index in [0.29, 0.717) is 24.1 Å². The van der Waals surface area contributed by atoms with E-state index in [-0.39, 0.29) is 18.4 Å². The number of rotatable bonds is 13. The lowest BCUT2D eigenvalue weighted by molar-refractivity contribution is -0.139. The SMILES string of the molecule is C=C1C(NCCCCCCO)=CC=C2CC1=C(/C=C\C)C(=O)N(CCCCCC)C2=O. The lowest BCUT2D eigenvalue weighted by Crippen LogP contribution is -2.38. The molecule has 5 nitrogen and oxygen atoms in total. The molecule has 0 spiro atoms. The first-order chi connectivity index (χ1) is 15.0. The lowest BCUT2D eigenvalue weighted by Gasteiger charge is -2.21. The lowest BCUT2D eigenvalue weighted by atomic mass is 9.94. The number of carbonyl (C=O) groups is 2. The zero-order valence-electron chi connectivity index (χ0n) is 19.2. The van der Waals surface area contributed by atoms with Crippen LogP contribution >= 0.6 is 0 Å². The molecule has 0 aromatic rings. The van der Waals surface area contributed by atoms with Crippen LogP contribution in [-0.4, -0.2) is 41.5 Å². The van der Waals surface area contributed by atoms with Gasteiger partial charge >= 0.3 is 0 Å².